The number of hydrogen-bond donors (Lipinski definition) is 0. The van der Waals surface area contributed by atoms with Crippen molar-refractivity contribution in [3.05, 3.63) is 59.7 Å². The molecule has 1 aliphatic heterocycles. The van der Waals surface area contributed by atoms with E-state index < -0.39 is 0 Å². The van der Waals surface area contributed by atoms with Crippen molar-refractivity contribution in [1.82, 2.24) is 4.90 Å². The number of ether oxygens (including phenoxy) is 2. The summed E-state index contributed by atoms with van der Waals surface area (Å²) >= 11 is 0. The van der Waals surface area contributed by atoms with Gasteiger partial charge in [-0.1, -0.05) is 38.1 Å². The van der Waals surface area contributed by atoms with Crippen molar-refractivity contribution < 1.29 is 14.3 Å². The van der Waals surface area contributed by atoms with Gasteiger partial charge in [0.25, 0.3) is 0 Å². The number of hydrogen-bond acceptors (Lipinski definition) is 4. The quantitative estimate of drug-likeness (QED) is 0.674. The van der Waals surface area contributed by atoms with Crippen LogP contribution in [0.25, 0.3) is 0 Å². The predicted molar refractivity (Wildman–Crippen MR) is 117 cm³/mol. The van der Waals surface area contributed by atoms with Gasteiger partial charge >= 0.3 is 0 Å². The van der Waals surface area contributed by atoms with Crippen molar-refractivity contribution in [2.75, 3.05) is 44.9 Å². The first-order valence-corrected chi connectivity index (χ1v) is 10.4. The Morgan fingerprint density at radius 3 is 2.34 bits per heavy atom. The molecule has 0 aliphatic carbocycles. The van der Waals surface area contributed by atoms with Crippen molar-refractivity contribution in [3.8, 4) is 5.75 Å². The van der Waals surface area contributed by atoms with Gasteiger partial charge in [0.2, 0.25) is 5.91 Å². The molecule has 1 fully saturated rings. The van der Waals surface area contributed by atoms with Crippen molar-refractivity contribution in [1.29, 1.82) is 0 Å². The SMILES string of the molecule is CC(C)c1ccc(OCCC(=O)N(C)Cc2ccc(N3CCOCC3)cc2)cc1. The summed E-state index contributed by atoms with van der Waals surface area (Å²) in [4.78, 5) is 16.5. The molecule has 156 valence electrons. The van der Waals surface area contributed by atoms with Crippen LogP contribution in [0.4, 0.5) is 5.69 Å². The minimum absolute atomic E-state index is 0.0843. The highest BCUT2D eigenvalue weighted by Gasteiger charge is 2.13. The predicted octanol–water partition coefficient (Wildman–Crippen LogP) is 4.07. The van der Waals surface area contributed by atoms with Crippen molar-refractivity contribution in [2.45, 2.75) is 32.7 Å². The molecular formula is C24H32N2O3. The molecule has 0 spiro atoms. The number of nitrogens with zero attached hydrogens (tertiary/aromatic N) is 2. The number of carbonyl (C=O) groups excluding carboxylic acids is 1. The van der Waals surface area contributed by atoms with Gasteiger partial charge in [-0.15, -0.1) is 0 Å². The topological polar surface area (TPSA) is 42.0 Å². The average Bonchev–Trinajstić information content (AvgIpc) is 2.75. The monoisotopic (exact) mass is 396 g/mol. The van der Waals surface area contributed by atoms with Crippen LogP contribution in [0.5, 0.6) is 5.75 Å². The van der Waals surface area contributed by atoms with Crippen LogP contribution in [0.15, 0.2) is 48.5 Å². The van der Waals surface area contributed by atoms with Gasteiger partial charge < -0.3 is 19.3 Å². The van der Waals surface area contributed by atoms with E-state index in [4.69, 9.17) is 9.47 Å². The summed E-state index contributed by atoms with van der Waals surface area (Å²) in [5.41, 5.74) is 3.62. The Hall–Kier alpha value is -2.53. The van der Waals surface area contributed by atoms with Crippen LogP contribution in [-0.4, -0.2) is 50.8 Å². The van der Waals surface area contributed by atoms with E-state index >= 15 is 0 Å². The van der Waals surface area contributed by atoms with Crippen LogP contribution in [0, 0.1) is 0 Å². The Balaban J connectivity index is 1.42. The maximum Gasteiger partial charge on any atom is 0.226 e. The van der Waals surface area contributed by atoms with Crippen LogP contribution >= 0.6 is 0 Å². The number of carbonyl (C=O) groups is 1. The van der Waals surface area contributed by atoms with Gasteiger partial charge in [0.15, 0.2) is 0 Å². The average molecular weight is 397 g/mol. The Labute approximate surface area is 174 Å². The number of rotatable bonds is 8. The van der Waals surface area contributed by atoms with Crippen LogP contribution < -0.4 is 9.64 Å². The van der Waals surface area contributed by atoms with Gasteiger partial charge in [-0.3, -0.25) is 4.79 Å². The normalized spacial score (nSPS) is 14.1. The molecule has 2 aromatic carbocycles. The van der Waals surface area contributed by atoms with E-state index in [0.717, 1.165) is 37.6 Å². The van der Waals surface area contributed by atoms with Crippen molar-refractivity contribution in [3.63, 3.8) is 0 Å². The lowest BCUT2D eigenvalue weighted by Gasteiger charge is -2.29. The molecule has 5 heteroatoms. The highest BCUT2D eigenvalue weighted by atomic mass is 16.5. The van der Waals surface area contributed by atoms with E-state index in [1.165, 1.54) is 11.3 Å². The molecule has 0 saturated carbocycles. The number of amides is 1. The molecule has 0 unspecified atom stereocenters. The van der Waals surface area contributed by atoms with Crippen LogP contribution in [0.2, 0.25) is 0 Å². The number of morpholine rings is 1. The summed E-state index contributed by atoms with van der Waals surface area (Å²) in [6.07, 6.45) is 0.369. The molecule has 0 radical (unpaired) electrons. The highest BCUT2D eigenvalue weighted by Crippen LogP contribution is 2.19. The molecule has 1 aliphatic rings. The lowest BCUT2D eigenvalue weighted by molar-refractivity contribution is -0.130. The lowest BCUT2D eigenvalue weighted by Crippen LogP contribution is -2.36. The highest BCUT2D eigenvalue weighted by molar-refractivity contribution is 5.76. The largest absolute Gasteiger partial charge is 0.493 e. The zero-order chi connectivity index (χ0) is 20.6. The van der Waals surface area contributed by atoms with E-state index in [0.29, 0.717) is 25.5 Å². The van der Waals surface area contributed by atoms with Crippen LogP contribution in [-0.2, 0) is 16.1 Å². The fourth-order valence-corrected chi connectivity index (χ4v) is 3.39. The third-order valence-electron chi connectivity index (χ3n) is 5.29. The number of anilines is 1. The van der Waals surface area contributed by atoms with Crippen LogP contribution in [0.1, 0.15) is 37.3 Å². The molecule has 0 aromatic heterocycles. The summed E-state index contributed by atoms with van der Waals surface area (Å²) in [5.74, 6) is 1.40. The van der Waals surface area contributed by atoms with Gasteiger partial charge in [0, 0.05) is 32.4 Å². The molecule has 3 rings (SSSR count). The van der Waals surface area contributed by atoms with Gasteiger partial charge in [0.1, 0.15) is 5.75 Å². The molecule has 0 bridgehead atoms. The smallest absolute Gasteiger partial charge is 0.226 e. The van der Waals surface area contributed by atoms with Crippen molar-refractivity contribution in [2.24, 2.45) is 0 Å². The minimum Gasteiger partial charge on any atom is -0.493 e. The first kappa shape index (κ1) is 21.2. The van der Waals surface area contributed by atoms with Crippen molar-refractivity contribution >= 4 is 11.6 Å². The summed E-state index contributed by atoms with van der Waals surface area (Å²) in [6.45, 7) is 8.74. The van der Waals surface area contributed by atoms with E-state index in [1.54, 1.807) is 4.90 Å². The zero-order valence-corrected chi connectivity index (χ0v) is 17.8. The first-order chi connectivity index (χ1) is 14.0. The fourth-order valence-electron chi connectivity index (χ4n) is 3.39. The number of benzene rings is 2. The third-order valence-corrected chi connectivity index (χ3v) is 5.29. The fraction of sp³-hybridized carbons (Fsp3) is 0.458. The Kier molecular flexibility index (Phi) is 7.53. The van der Waals surface area contributed by atoms with Gasteiger partial charge in [0.05, 0.1) is 26.2 Å². The van der Waals surface area contributed by atoms with Crippen LogP contribution in [0.3, 0.4) is 0 Å². The molecule has 1 saturated heterocycles. The van der Waals surface area contributed by atoms with E-state index in [9.17, 15) is 4.79 Å². The molecule has 29 heavy (non-hydrogen) atoms. The molecule has 5 nitrogen and oxygen atoms in total. The lowest BCUT2D eigenvalue weighted by atomic mass is 10.0. The van der Waals surface area contributed by atoms with Gasteiger partial charge in [-0.2, -0.15) is 0 Å². The second-order valence-electron chi connectivity index (χ2n) is 7.84. The van der Waals surface area contributed by atoms with E-state index in [1.807, 2.05) is 19.2 Å². The molecule has 1 heterocycles. The van der Waals surface area contributed by atoms with Gasteiger partial charge in [-0.25, -0.2) is 0 Å². The summed E-state index contributed by atoms with van der Waals surface area (Å²) in [7, 11) is 1.84. The molecule has 0 atom stereocenters. The third kappa shape index (κ3) is 6.23. The summed E-state index contributed by atoms with van der Waals surface area (Å²) < 4.78 is 11.1. The standard InChI is InChI=1S/C24H32N2O3/c1-19(2)21-6-10-23(11-7-21)29-15-12-24(27)25(3)18-20-4-8-22(9-5-20)26-13-16-28-17-14-26/h4-11,19H,12-18H2,1-3H3. The maximum atomic E-state index is 12.4. The second-order valence-corrected chi connectivity index (χ2v) is 7.84. The van der Waals surface area contributed by atoms with E-state index in [-0.39, 0.29) is 5.91 Å². The Morgan fingerprint density at radius 1 is 1.07 bits per heavy atom. The minimum atomic E-state index is 0.0843. The van der Waals surface area contributed by atoms with Gasteiger partial charge in [-0.05, 0) is 41.3 Å². The Bertz CT molecular complexity index is 766. The molecular weight excluding hydrogens is 364 g/mol. The molecule has 2 aromatic rings. The summed E-state index contributed by atoms with van der Waals surface area (Å²) in [6, 6.07) is 16.6. The zero-order valence-electron chi connectivity index (χ0n) is 17.8. The molecule has 0 N–H and O–H groups in total. The first-order valence-electron chi connectivity index (χ1n) is 10.4. The molecule has 1 amide bonds. The second kappa shape index (κ2) is 10.3. The maximum absolute atomic E-state index is 12.4. The Morgan fingerprint density at radius 2 is 1.72 bits per heavy atom. The van der Waals surface area contributed by atoms with E-state index in [2.05, 4.69) is 55.1 Å². The summed E-state index contributed by atoms with van der Waals surface area (Å²) in [5, 5.41) is 0.